The molecule has 1 saturated carbocycles. The molecule has 1 aromatic heterocycles. The van der Waals surface area contributed by atoms with Gasteiger partial charge in [0.2, 0.25) is 5.88 Å². The molecule has 4 rings (SSSR count). The Morgan fingerprint density at radius 1 is 1.05 bits per heavy atom. The van der Waals surface area contributed by atoms with E-state index < -0.39 is 21.9 Å². The van der Waals surface area contributed by atoms with Gasteiger partial charge in [0.05, 0.1) is 34.1 Å². The number of hydrogen-bond acceptors (Lipinski definition) is 6. The summed E-state index contributed by atoms with van der Waals surface area (Å²) in [5.74, 6) is -1.18. The normalized spacial score (nSPS) is 18.5. The van der Waals surface area contributed by atoms with E-state index in [0.717, 1.165) is 5.56 Å². The fourth-order valence-corrected chi connectivity index (χ4v) is 5.29. The second-order valence-electron chi connectivity index (χ2n) is 9.21. The van der Waals surface area contributed by atoms with Crippen molar-refractivity contribution >= 4 is 26.6 Å². The first-order valence-electron chi connectivity index (χ1n) is 12.1. The Morgan fingerprint density at radius 3 is 2.41 bits per heavy atom. The van der Waals surface area contributed by atoms with Crippen LogP contribution in [0.15, 0.2) is 53.7 Å². The molecule has 0 atom stereocenters. The molecular formula is C26H28F3N3O4S. The summed E-state index contributed by atoms with van der Waals surface area (Å²) in [6.45, 7) is 2.08. The SMILES string of the molecule is CCS(=O)(=O)c1ccc(CNC(=O)c2ccc3c(OC[C@H]4CC[C@H](C(F)(F)F)CC4)ncnc3c2)cc1. The molecule has 0 spiro atoms. The number of nitrogens with one attached hydrogen (secondary N) is 1. The average Bonchev–Trinajstić information content (AvgIpc) is 2.90. The van der Waals surface area contributed by atoms with Gasteiger partial charge in [-0.05, 0) is 67.5 Å². The van der Waals surface area contributed by atoms with Crippen LogP contribution in [0.1, 0.15) is 48.5 Å². The third kappa shape index (κ3) is 6.57. The van der Waals surface area contributed by atoms with Crippen LogP contribution in [0.4, 0.5) is 13.2 Å². The lowest BCUT2D eigenvalue weighted by atomic mass is 9.82. The van der Waals surface area contributed by atoms with Crippen molar-refractivity contribution in [3.05, 3.63) is 59.9 Å². The monoisotopic (exact) mass is 535 g/mol. The Labute approximate surface area is 213 Å². The number of ether oxygens (including phenoxy) is 1. The van der Waals surface area contributed by atoms with Crippen LogP contribution in [0.3, 0.4) is 0 Å². The molecule has 0 aliphatic heterocycles. The van der Waals surface area contributed by atoms with Gasteiger partial charge in [0.15, 0.2) is 9.84 Å². The van der Waals surface area contributed by atoms with Gasteiger partial charge in [0, 0.05) is 12.1 Å². The highest BCUT2D eigenvalue weighted by atomic mass is 32.2. The van der Waals surface area contributed by atoms with Crippen LogP contribution in [0, 0.1) is 11.8 Å². The highest BCUT2D eigenvalue weighted by Crippen LogP contribution is 2.39. The number of carbonyl (C=O) groups is 1. The van der Waals surface area contributed by atoms with Crippen molar-refractivity contribution in [1.29, 1.82) is 0 Å². The van der Waals surface area contributed by atoms with Gasteiger partial charge in [-0.2, -0.15) is 13.2 Å². The molecule has 11 heteroatoms. The number of rotatable bonds is 8. The number of hydrogen-bond donors (Lipinski definition) is 1. The predicted octanol–water partition coefficient (Wildman–Crippen LogP) is 5.10. The summed E-state index contributed by atoms with van der Waals surface area (Å²) in [5.41, 5.74) is 1.65. The minimum absolute atomic E-state index is 0.0182. The Kier molecular flexibility index (Phi) is 8.01. The molecule has 1 heterocycles. The molecular weight excluding hydrogens is 507 g/mol. The van der Waals surface area contributed by atoms with E-state index in [-0.39, 0.29) is 48.5 Å². The molecule has 7 nitrogen and oxygen atoms in total. The Morgan fingerprint density at radius 2 is 1.76 bits per heavy atom. The van der Waals surface area contributed by atoms with Crippen LogP contribution in [0.2, 0.25) is 0 Å². The molecule has 2 aromatic carbocycles. The topological polar surface area (TPSA) is 98.2 Å². The van der Waals surface area contributed by atoms with Crippen LogP contribution < -0.4 is 10.1 Å². The van der Waals surface area contributed by atoms with Crippen molar-refractivity contribution in [3.63, 3.8) is 0 Å². The predicted molar refractivity (Wildman–Crippen MR) is 132 cm³/mol. The van der Waals surface area contributed by atoms with Crippen molar-refractivity contribution in [2.24, 2.45) is 11.8 Å². The fraction of sp³-hybridized carbons (Fsp3) is 0.423. The van der Waals surface area contributed by atoms with Crippen LogP contribution in [-0.4, -0.2) is 42.8 Å². The average molecular weight is 536 g/mol. The second kappa shape index (κ2) is 11.0. The zero-order valence-electron chi connectivity index (χ0n) is 20.3. The van der Waals surface area contributed by atoms with E-state index in [2.05, 4.69) is 15.3 Å². The van der Waals surface area contributed by atoms with Gasteiger partial charge in [-0.1, -0.05) is 19.1 Å². The maximum atomic E-state index is 12.9. The van der Waals surface area contributed by atoms with Gasteiger partial charge >= 0.3 is 6.18 Å². The largest absolute Gasteiger partial charge is 0.477 e. The van der Waals surface area contributed by atoms with E-state index in [9.17, 15) is 26.4 Å². The second-order valence-corrected chi connectivity index (χ2v) is 11.5. The van der Waals surface area contributed by atoms with Gasteiger partial charge in [-0.25, -0.2) is 18.4 Å². The minimum Gasteiger partial charge on any atom is -0.477 e. The Hall–Kier alpha value is -3.21. The number of carbonyl (C=O) groups excluding carboxylic acids is 1. The van der Waals surface area contributed by atoms with Gasteiger partial charge in [0.25, 0.3) is 5.91 Å². The quantitative estimate of drug-likeness (QED) is 0.431. The highest BCUT2D eigenvalue weighted by molar-refractivity contribution is 7.91. The number of fused-ring (bicyclic) bond motifs is 1. The lowest BCUT2D eigenvalue weighted by molar-refractivity contribution is -0.184. The van der Waals surface area contributed by atoms with Crippen molar-refractivity contribution in [3.8, 4) is 5.88 Å². The number of nitrogens with zero attached hydrogens (tertiary/aromatic N) is 2. The van der Waals surface area contributed by atoms with Crippen LogP contribution in [-0.2, 0) is 16.4 Å². The molecule has 198 valence electrons. The van der Waals surface area contributed by atoms with Crippen molar-refractivity contribution in [1.82, 2.24) is 15.3 Å². The summed E-state index contributed by atoms with van der Waals surface area (Å²) in [4.78, 5) is 21.3. The number of halogens is 3. The zero-order valence-corrected chi connectivity index (χ0v) is 21.1. The Bertz CT molecular complexity index is 1350. The van der Waals surface area contributed by atoms with Crippen LogP contribution in [0.25, 0.3) is 10.9 Å². The van der Waals surface area contributed by atoms with Gasteiger partial charge < -0.3 is 10.1 Å². The van der Waals surface area contributed by atoms with Crippen LogP contribution in [0.5, 0.6) is 5.88 Å². The number of amides is 1. The molecule has 1 aliphatic carbocycles. The number of alkyl halides is 3. The van der Waals surface area contributed by atoms with Crippen molar-refractivity contribution < 1.29 is 31.1 Å². The Balaban J connectivity index is 1.35. The van der Waals surface area contributed by atoms with Crippen LogP contribution >= 0.6 is 0 Å². The molecule has 1 amide bonds. The molecule has 0 saturated heterocycles. The molecule has 3 aromatic rings. The summed E-state index contributed by atoms with van der Waals surface area (Å²) in [5, 5.41) is 3.41. The highest BCUT2D eigenvalue weighted by Gasteiger charge is 2.41. The third-order valence-electron chi connectivity index (χ3n) is 6.74. The van der Waals surface area contributed by atoms with Crippen molar-refractivity contribution in [2.75, 3.05) is 12.4 Å². The maximum absolute atomic E-state index is 12.9. The number of benzene rings is 2. The third-order valence-corrected chi connectivity index (χ3v) is 8.49. The first-order chi connectivity index (χ1) is 17.6. The first kappa shape index (κ1) is 26.8. The summed E-state index contributed by atoms with van der Waals surface area (Å²) in [6.07, 6.45) is -1.68. The summed E-state index contributed by atoms with van der Waals surface area (Å²) < 4.78 is 68.4. The van der Waals surface area contributed by atoms with E-state index in [4.69, 9.17) is 4.74 Å². The minimum atomic E-state index is -4.14. The van der Waals surface area contributed by atoms with E-state index in [0.29, 0.717) is 35.2 Å². The summed E-state index contributed by atoms with van der Waals surface area (Å²) in [7, 11) is -3.28. The number of aromatic nitrogens is 2. The molecule has 37 heavy (non-hydrogen) atoms. The molecule has 0 bridgehead atoms. The number of sulfone groups is 1. The van der Waals surface area contributed by atoms with E-state index in [1.807, 2.05) is 0 Å². The lowest BCUT2D eigenvalue weighted by Gasteiger charge is -2.29. The summed E-state index contributed by atoms with van der Waals surface area (Å²) >= 11 is 0. The molecule has 1 N–H and O–H groups in total. The smallest absolute Gasteiger partial charge is 0.391 e. The molecule has 0 unspecified atom stereocenters. The van der Waals surface area contributed by atoms with E-state index >= 15 is 0 Å². The molecule has 0 radical (unpaired) electrons. The van der Waals surface area contributed by atoms with Gasteiger partial charge in [0.1, 0.15) is 6.33 Å². The lowest BCUT2D eigenvalue weighted by Crippen LogP contribution is -2.29. The van der Waals surface area contributed by atoms with E-state index in [1.54, 1.807) is 37.3 Å². The first-order valence-corrected chi connectivity index (χ1v) is 13.8. The van der Waals surface area contributed by atoms with E-state index in [1.165, 1.54) is 18.5 Å². The molecule has 1 aliphatic rings. The van der Waals surface area contributed by atoms with Crippen molar-refractivity contribution in [2.45, 2.75) is 50.2 Å². The van der Waals surface area contributed by atoms with Gasteiger partial charge in [-0.15, -0.1) is 0 Å². The standard InChI is InChI=1S/C26H28F3N3O4S/c1-2-37(34,35)21-10-5-17(6-11-21)14-30-24(33)19-7-12-22-23(13-19)31-16-32-25(22)36-15-18-3-8-20(9-4-18)26(27,28)29/h5-7,10-13,16,18,20H,2-4,8-9,14-15H2,1H3,(H,30,33)/t18-,20-. The molecule has 1 fully saturated rings. The van der Waals surface area contributed by atoms with Gasteiger partial charge in [-0.3, -0.25) is 4.79 Å². The maximum Gasteiger partial charge on any atom is 0.391 e. The zero-order chi connectivity index (χ0) is 26.6. The fourth-order valence-electron chi connectivity index (χ4n) is 4.41. The summed E-state index contributed by atoms with van der Waals surface area (Å²) in [6, 6.07) is 11.3.